The third kappa shape index (κ3) is 17.7. The predicted octanol–water partition coefficient (Wildman–Crippen LogP) is -0.0589. The molecule has 0 unspecified atom stereocenters. The lowest BCUT2D eigenvalue weighted by Crippen LogP contribution is -2.27. The van der Waals surface area contributed by atoms with Gasteiger partial charge in [-0.25, -0.2) is 5.90 Å². The zero-order chi connectivity index (χ0) is 14.9. The lowest BCUT2D eigenvalue weighted by atomic mass is 10.4. The van der Waals surface area contributed by atoms with Crippen molar-refractivity contribution in [1.82, 2.24) is 5.32 Å². The fraction of sp³-hybridized carbons (Fsp3) is 1.00. The molecule has 7 nitrogen and oxygen atoms in total. The van der Waals surface area contributed by atoms with Gasteiger partial charge in [0.05, 0.1) is 59.5 Å². The molecule has 0 aromatic rings. The topological polar surface area (TPSA) is 84.2 Å². The predicted molar refractivity (Wildman–Crippen MR) is 76.6 cm³/mol. The van der Waals surface area contributed by atoms with Crippen molar-refractivity contribution in [2.75, 3.05) is 66.0 Å². The Morgan fingerprint density at radius 1 is 0.700 bits per heavy atom. The Kier molecular flexibility index (Phi) is 16.5. The summed E-state index contributed by atoms with van der Waals surface area (Å²) in [7, 11) is 0. The van der Waals surface area contributed by atoms with Gasteiger partial charge >= 0.3 is 0 Å². The van der Waals surface area contributed by atoms with E-state index in [0.29, 0.717) is 65.5 Å². The monoisotopic (exact) mass is 294 g/mol. The molecule has 0 spiro atoms. The second kappa shape index (κ2) is 16.8. The van der Waals surface area contributed by atoms with Gasteiger partial charge in [0, 0.05) is 12.6 Å². The summed E-state index contributed by atoms with van der Waals surface area (Å²) in [6.45, 7) is 10.1. The number of hydrogen-bond acceptors (Lipinski definition) is 7. The molecule has 0 saturated carbocycles. The molecule has 0 atom stereocenters. The zero-order valence-corrected chi connectivity index (χ0v) is 12.8. The summed E-state index contributed by atoms with van der Waals surface area (Å²) in [4.78, 5) is 4.36. The first-order chi connectivity index (χ1) is 9.77. The summed E-state index contributed by atoms with van der Waals surface area (Å²) in [5.41, 5.74) is 0. The number of hydrogen-bond donors (Lipinski definition) is 2. The molecular weight excluding hydrogens is 264 g/mol. The van der Waals surface area contributed by atoms with E-state index in [9.17, 15) is 0 Å². The van der Waals surface area contributed by atoms with E-state index in [1.807, 2.05) is 0 Å². The molecule has 0 aliphatic carbocycles. The largest absolute Gasteiger partial charge is 0.378 e. The van der Waals surface area contributed by atoms with E-state index in [-0.39, 0.29) is 0 Å². The van der Waals surface area contributed by atoms with Crippen LogP contribution in [0, 0.1) is 0 Å². The SMILES string of the molecule is CC(C)NCCOCCOCCOCCOCCON. The van der Waals surface area contributed by atoms with Crippen LogP contribution in [0.25, 0.3) is 0 Å². The van der Waals surface area contributed by atoms with Gasteiger partial charge in [-0.2, -0.15) is 0 Å². The van der Waals surface area contributed by atoms with Crippen LogP contribution >= 0.6 is 0 Å². The van der Waals surface area contributed by atoms with Crippen LogP contribution < -0.4 is 11.2 Å². The summed E-state index contributed by atoms with van der Waals surface area (Å²) in [6.07, 6.45) is 0. The minimum Gasteiger partial charge on any atom is -0.378 e. The number of nitrogens with one attached hydrogen (secondary N) is 1. The molecule has 3 N–H and O–H groups in total. The Balaban J connectivity index is 2.92. The summed E-state index contributed by atoms with van der Waals surface area (Å²) in [5, 5.41) is 3.28. The molecule has 0 amide bonds. The van der Waals surface area contributed by atoms with Gasteiger partial charge in [-0.3, -0.25) is 0 Å². The van der Waals surface area contributed by atoms with Gasteiger partial charge < -0.3 is 29.1 Å². The summed E-state index contributed by atoms with van der Waals surface area (Å²) >= 11 is 0. The summed E-state index contributed by atoms with van der Waals surface area (Å²) in [5.74, 6) is 4.85. The molecular formula is C13H30N2O5. The molecule has 0 heterocycles. The molecule has 0 aliphatic rings. The van der Waals surface area contributed by atoms with Crippen molar-refractivity contribution in [3.8, 4) is 0 Å². The van der Waals surface area contributed by atoms with Crippen LogP contribution in [0.4, 0.5) is 0 Å². The van der Waals surface area contributed by atoms with Crippen LogP contribution in [-0.4, -0.2) is 72.0 Å². The molecule has 0 radical (unpaired) electrons. The second-order valence-electron chi connectivity index (χ2n) is 4.43. The smallest absolute Gasteiger partial charge is 0.0913 e. The molecule has 0 saturated heterocycles. The van der Waals surface area contributed by atoms with Crippen LogP contribution in [-0.2, 0) is 23.8 Å². The average molecular weight is 294 g/mol. The molecule has 0 aromatic heterocycles. The molecule has 0 aromatic carbocycles. The fourth-order valence-electron chi connectivity index (χ4n) is 1.29. The van der Waals surface area contributed by atoms with Crippen LogP contribution in [0.15, 0.2) is 0 Å². The maximum atomic E-state index is 5.40. The normalized spacial score (nSPS) is 11.4. The Morgan fingerprint density at radius 2 is 1.10 bits per heavy atom. The highest BCUT2D eigenvalue weighted by Crippen LogP contribution is 1.83. The lowest BCUT2D eigenvalue weighted by Gasteiger charge is -2.09. The summed E-state index contributed by atoms with van der Waals surface area (Å²) in [6, 6.07) is 0.499. The first-order valence-corrected chi connectivity index (χ1v) is 7.13. The Hall–Kier alpha value is -0.280. The first kappa shape index (κ1) is 19.7. The van der Waals surface area contributed by atoms with Crippen molar-refractivity contribution < 1.29 is 23.8 Å². The van der Waals surface area contributed by atoms with Crippen LogP contribution in [0.5, 0.6) is 0 Å². The van der Waals surface area contributed by atoms with Crippen LogP contribution in [0.2, 0.25) is 0 Å². The lowest BCUT2D eigenvalue weighted by molar-refractivity contribution is -0.0110. The van der Waals surface area contributed by atoms with Gasteiger partial charge in [-0.1, -0.05) is 13.8 Å². The maximum Gasteiger partial charge on any atom is 0.0913 e. The average Bonchev–Trinajstić information content (AvgIpc) is 2.43. The number of nitrogens with two attached hydrogens (primary N) is 1. The maximum absolute atomic E-state index is 5.40. The summed E-state index contributed by atoms with van der Waals surface area (Å²) < 4.78 is 21.2. The third-order valence-corrected chi connectivity index (χ3v) is 2.26. The second-order valence-corrected chi connectivity index (χ2v) is 4.43. The van der Waals surface area contributed by atoms with E-state index in [1.165, 1.54) is 0 Å². The van der Waals surface area contributed by atoms with E-state index in [0.717, 1.165) is 6.54 Å². The van der Waals surface area contributed by atoms with E-state index in [2.05, 4.69) is 24.0 Å². The minimum absolute atomic E-state index is 0.399. The van der Waals surface area contributed by atoms with Gasteiger partial charge in [0.1, 0.15) is 0 Å². The Bertz CT molecular complexity index is 184. The van der Waals surface area contributed by atoms with Crippen molar-refractivity contribution in [3.63, 3.8) is 0 Å². The van der Waals surface area contributed by atoms with E-state index < -0.39 is 0 Å². The van der Waals surface area contributed by atoms with Crippen molar-refractivity contribution >= 4 is 0 Å². The molecule has 0 aliphatic heterocycles. The number of rotatable bonds is 16. The molecule has 122 valence electrons. The first-order valence-electron chi connectivity index (χ1n) is 7.13. The van der Waals surface area contributed by atoms with E-state index in [1.54, 1.807) is 0 Å². The standard InChI is InChI=1S/C13H30N2O5/c1-13(2)15-3-4-16-5-6-17-7-8-18-9-10-19-11-12-20-14/h13,15H,3-12,14H2,1-2H3. The highest BCUT2D eigenvalue weighted by Gasteiger charge is 1.94. The van der Waals surface area contributed by atoms with Gasteiger partial charge in [0.15, 0.2) is 0 Å². The molecule has 0 rings (SSSR count). The third-order valence-electron chi connectivity index (χ3n) is 2.26. The molecule has 0 fully saturated rings. The quantitative estimate of drug-likeness (QED) is 0.305. The van der Waals surface area contributed by atoms with Gasteiger partial charge in [-0.15, -0.1) is 0 Å². The van der Waals surface area contributed by atoms with Crippen molar-refractivity contribution in [3.05, 3.63) is 0 Å². The molecule has 7 heteroatoms. The Morgan fingerprint density at radius 3 is 1.50 bits per heavy atom. The van der Waals surface area contributed by atoms with Gasteiger partial charge in [0.25, 0.3) is 0 Å². The van der Waals surface area contributed by atoms with Crippen LogP contribution in [0.1, 0.15) is 13.8 Å². The highest BCUT2D eigenvalue weighted by molar-refractivity contribution is 4.50. The van der Waals surface area contributed by atoms with E-state index in [4.69, 9.17) is 24.8 Å². The fourth-order valence-corrected chi connectivity index (χ4v) is 1.29. The van der Waals surface area contributed by atoms with Gasteiger partial charge in [-0.05, 0) is 0 Å². The van der Waals surface area contributed by atoms with Gasteiger partial charge in [0.2, 0.25) is 0 Å². The van der Waals surface area contributed by atoms with Crippen molar-refractivity contribution in [2.24, 2.45) is 5.90 Å². The molecule has 0 bridgehead atoms. The Labute approximate surface area is 122 Å². The minimum atomic E-state index is 0.399. The zero-order valence-electron chi connectivity index (χ0n) is 12.8. The van der Waals surface area contributed by atoms with E-state index >= 15 is 0 Å². The van der Waals surface area contributed by atoms with Crippen molar-refractivity contribution in [2.45, 2.75) is 19.9 Å². The molecule has 20 heavy (non-hydrogen) atoms. The van der Waals surface area contributed by atoms with Crippen molar-refractivity contribution in [1.29, 1.82) is 0 Å². The highest BCUT2D eigenvalue weighted by atomic mass is 16.6. The van der Waals surface area contributed by atoms with Crippen LogP contribution in [0.3, 0.4) is 0 Å². The number of ether oxygens (including phenoxy) is 4.